The molecule has 0 fully saturated rings. The Labute approximate surface area is 137 Å². The lowest BCUT2D eigenvalue weighted by Gasteiger charge is -2.29. The molecule has 22 heavy (non-hydrogen) atoms. The number of rotatable bonds is 5. The molecule has 2 aromatic rings. The van der Waals surface area contributed by atoms with Gasteiger partial charge in [-0.2, -0.15) is 0 Å². The standard InChI is InChI=1S/C20H28Si2/c1-18(22(4,5)20-14-10-7-11-15-20)16-17-21(2,3)19-12-8-6-9-13-19/h6-18H,1-5H3/b17-16+. The zero-order valence-electron chi connectivity index (χ0n) is 14.5. The van der Waals surface area contributed by atoms with Gasteiger partial charge in [0, 0.05) is 0 Å². The molecule has 0 amide bonds. The second-order valence-corrected chi connectivity index (χ2v) is 16.6. The van der Waals surface area contributed by atoms with Crippen LogP contribution in [-0.4, -0.2) is 16.1 Å². The Morgan fingerprint density at radius 2 is 1.18 bits per heavy atom. The van der Waals surface area contributed by atoms with Gasteiger partial charge in [-0.1, -0.05) is 116 Å². The topological polar surface area (TPSA) is 0 Å². The highest BCUT2D eigenvalue weighted by Gasteiger charge is 2.29. The molecule has 0 N–H and O–H groups in total. The van der Waals surface area contributed by atoms with E-state index in [0.717, 1.165) is 0 Å². The lowest BCUT2D eigenvalue weighted by atomic mass is 10.4. The van der Waals surface area contributed by atoms with Crippen molar-refractivity contribution in [3.05, 3.63) is 72.4 Å². The normalized spacial score (nSPS) is 14.2. The molecule has 116 valence electrons. The van der Waals surface area contributed by atoms with E-state index < -0.39 is 16.1 Å². The SMILES string of the molecule is CC(/C=C/[Si](C)(C)c1ccccc1)[Si](C)(C)c1ccccc1. The fourth-order valence-corrected chi connectivity index (χ4v) is 7.08. The highest BCUT2D eigenvalue weighted by molar-refractivity contribution is 6.94. The van der Waals surface area contributed by atoms with Crippen molar-refractivity contribution in [3.63, 3.8) is 0 Å². The predicted molar refractivity (Wildman–Crippen MR) is 106 cm³/mol. The molecular weight excluding hydrogens is 296 g/mol. The van der Waals surface area contributed by atoms with Gasteiger partial charge in [0.1, 0.15) is 8.07 Å². The van der Waals surface area contributed by atoms with Crippen molar-refractivity contribution < 1.29 is 0 Å². The van der Waals surface area contributed by atoms with Gasteiger partial charge in [0.25, 0.3) is 0 Å². The van der Waals surface area contributed by atoms with E-state index in [0.29, 0.717) is 5.54 Å². The molecular formula is C20H28Si2. The van der Waals surface area contributed by atoms with Crippen molar-refractivity contribution in [2.75, 3.05) is 0 Å². The van der Waals surface area contributed by atoms with E-state index >= 15 is 0 Å². The van der Waals surface area contributed by atoms with Crippen LogP contribution < -0.4 is 10.4 Å². The van der Waals surface area contributed by atoms with Crippen molar-refractivity contribution >= 4 is 26.5 Å². The van der Waals surface area contributed by atoms with E-state index in [1.807, 2.05) is 0 Å². The average Bonchev–Trinajstić information content (AvgIpc) is 2.54. The van der Waals surface area contributed by atoms with E-state index in [-0.39, 0.29) is 0 Å². The monoisotopic (exact) mass is 324 g/mol. The second kappa shape index (κ2) is 6.80. The molecule has 0 aliphatic carbocycles. The van der Waals surface area contributed by atoms with Gasteiger partial charge in [-0.15, -0.1) is 0 Å². The highest BCUT2D eigenvalue weighted by Crippen LogP contribution is 2.23. The molecule has 0 nitrogen and oxygen atoms in total. The number of allylic oxidation sites excluding steroid dienone is 1. The fraction of sp³-hybridized carbons (Fsp3) is 0.300. The van der Waals surface area contributed by atoms with Crippen molar-refractivity contribution in [1.82, 2.24) is 0 Å². The molecule has 0 aromatic heterocycles. The Kier molecular flexibility index (Phi) is 5.25. The summed E-state index contributed by atoms with van der Waals surface area (Å²) in [6, 6.07) is 22.0. The highest BCUT2D eigenvalue weighted by atomic mass is 28.3. The fourth-order valence-electron chi connectivity index (χ4n) is 2.72. The summed E-state index contributed by atoms with van der Waals surface area (Å²) >= 11 is 0. The van der Waals surface area contributed by atoms with Crippen LogP contribution in [0.2, 0.25) is 31.7 Å². The Hall–Kier alpha value is -1.39. The molecule has 0 aliphatic heterocycles. The minimum absolute atomic E-state index is 0.644. The molecule has 2 heteroatoms. The van der Waals surface area contributed by atoms with Gasteiger partial charge >= 0.3 is 0 Å². The third kappa shape index (κ3) is 3.87. The van der Waals surface area contributed by atoms with Crippen LogP contribution in [0.4, 0.5) is 0 Å². The summed E-state index contributed by atoms with van der Waals surface area (Å²) in [5.41, 5.74) is 3.18. The molecule has 0 aliphatic rings. The van der Waals surface area contributed by atoms with Crippen LogP contribution in [0.3, 0.4) is 0 Å². The second-order valence-electron chi connectivity index (χ2n) is 7.32. The molecule has 0 saturated carbocycles. The predicted octanol–water partition coefficient (Wildman–Crippen LogP) is 4.70. The van der Waals surface area contributed by atoms with E-state index in [2.05, 4.69) is 106 Å². The Morgan fingerprint density at radius 3 is 1.68 bits per heavy atom. The summed E-state index contributed by atoms with van der Waals surface area (Å²) in [6.07, 6.45) is 2.50. The Morgan fingerprint density at radius 1 is 0.727 bits per heavy atom. The summed E-state index contributed by atoms with van der Waals surface area (Å²) in [7, 11) is -2.93. The molecule has 1 unspecified atom stereocenters. The first-order chi connectivity index (χ1) is 10.3. The van der Waals surface area contributed by atoms with Crippen LogP contribution in [0.25, 0.3) is 0 Å². The summed E-state index contributed by atoms with van der Waals surface area (Å²) in [5, 5.41) is 3.06. The summed E-state index contributed by atoms with van der Waals surface area (Å²) in [4.78, 5) is 0. The Balaban J connectivity index is 2.19. The largest absolute Gasteiger partial charge is 0.103 e. The first-order valence-electron chi connectivity index (χ1n) is 8.14. The van der Waals surface area contributed by atoms with Gasteiger partial charge in [0.15, 0.2) is 0 Å². The van der Waals surface area contributed by atoms with Gasteiger partial charge in [-0.05, 0) is 5.54 Å². The van der Waals surface area contributed by atoms with E-state index in [9.17, 15) is 0 Å². The zero-order chi connectivity index (χ0) is 16.2. The van der Waals surface area contributed by atoms with Crippen LogP contribution in [0, 0.1) is 0 Å². The van der Waals surface area contributed by atoms with Crippen LogP contribution in [0.5, 0.6) is 0 Å². The minimum atomic E-state index is -1.48. The molecule has 0 radical (unpaired) electrons. The summed E-state index contributed by atoms with van der Waals surface area (Å²) in [6.45, 7) is 12.2. The Bertz CT molecular complexity index is 613. The maximum atomic E-state index is 2.53. The maximum Gasteiger partial charge on any atom is 0.103 e. The van der Waals surface area contributed by atoms with Crippen LogP contribution in [-0.2, 0) is 0 Å². The zero-order valence-corrected chi connectivity index (χ0v) is 16.5. The third-order valence-electron chi connectivity index (χ3n) is 4.98. The molecule has 0 heterocycles. The molecule has 2 rings (SSSR count). The van der Waals surface area contributed by atoms with E-state index in [1.165, 1.54) is 5.19 Å². The van der Waals surface area contributed by atoms with Crippen molar-refractivity contribution in [3.8, 4) is 0 Å². The smallest absolute Gasteiger partial charge is 0.0943 e. The van der Waals surface area contributed by atoms with Crippen LogP contribution >= 0.6 is 0 Å². The molecule has 2 aromatic carbocycles. The maximum absolute atomic E-state index is 2.53. The third-order valence-corrected chi connectivity index (χ3v) is 12.1. The van der Waals surface area contributed by atoms with E-state index in [1.54, 1.807) is 5.19 Å². The first kappa shape index (κ1) is 17.0. The quantitative estimate of drug-likeness (QED) is 0.699. The minimum Gasteiger partial charge on any atom is -0.0943 e. The van der Waals surface area contributed by atoms with Gasteiger partial charge < -0.3 is 0 Å². The van der Waals surface area contributed by atoms with Crippen molar-refractivity contribution in [1.29, 1.82) is 0 Å². The van der Waals surface area contributed by atoms with Gasteiger partial charge in [-0.25, -0.2) is 0 Å². The number of hydrogen-bond acceptors (Lipinski definition) is 0. The molecule has 0 spiro atoms. The molecule has 0 saturated heterocycles. The lowest BCUT2D eigenvalue weighted by Crippen LogP contribution is -2.45. The van der Waals surface area contributed by atoms with Gasteiger partial charge in [-0.3, -0.25) is 0 Å². The van der Waals surface area contributed by atoms with Crippen LogP contribution in [0.1, 0.15) is 6.92 Å². The molecule has 0 bridgehead atoms. The molecule has 1 atom stereocenters. The number of benzene rings is 2. The lowest BCUT2D eigenvalue weighted by molar-refractivity contribution is 1.14. The van der Waals surface area contributed by atoms with Gasteiger partial charge in [0.05, 0.1) is 8.07 Å². The van der Waals surface area contributed by atoms with Crippen molar-refractivity contribution in [2.45, 2.75) is 38.7 Å². The average molecular weight is 325 g/mol. The van der Waals surface area contributed by atoms with Crippen molar-refractivity contribution in [2.24, 2.45) is 0 Å². The summed E-state index contributed by atoms with van der Waals surface area (Å²) < 4.78 is 0. The van der Waals surface area contributed by atoms with Gasteiger partial charge in [0.2, 0.25) is 0 Å². The number of hydrogen-bond donors (Lipinski definition) is 0. The summed E-state index contributed by atoms with van der Waals surface area (Å²) in [5.74, 6) is 0. The first-order valence-corrected chi connectivity index (χ1v) is 14.3. The van der Waals surface area contributed by atoms with Crippen LogP contribution in [0.15, 0.2) is 72.4 Å². The van der Waals surface area contributed by atoms with E-state index in [4.69, 9.17) is 0 Å².